The van der Waals surface area contributed by atoms with Gasteiger partial charge in [0.15, 0.2) is 4.32 Å². The highest BCUT2D eigenvalue weighted by molar-refractivity contribution is 8.27. The number of thiocarbonyl (C=S) groups is 1. The second-order valence-corrected chi connectivity index (χ2v) is 4.92. The van der Waals surface area contributed by atoms with E-state index in [0.29, 0.717) is 10.0 Å². The highest BCUT2D eigenvalue weighted by Gasteiger charge is 2.35. The van der Waals surface area contributed by atoms with Gasteiger partial charge in [0.05, 0.1) is 5.69 Å². The van der Waals surface area contributed by atoms with E-state index in [4.69, 9.17) is 22.7 Å². The molecule has 0 saturated carbocycles. The standard InChI is InChI=1S/C12H5N3OS2/c13-6-8(7-14)10-11(16)15(12(17)18-10)9-4-2-1-3-5-9/h1-5H. The number of nitriles is 2. The zero-order chi connectivity index (χ0) is 13.1. The molecule has 1 amide bonds. The molecule has 0 bridgehead atoms. The van der Waals surface area contributed by atoms with Gasteiger partial charge >= 0.3 is 0 Å². The number of benzene rings is 1. The predicted octanol–water partition coefficient (Wildman–Crippen LogP) is 2.35. The van der Waals surface area contributed by atoms with E-state index in [1.807, 2.05) is 6.07 Å². The fraction of sp³-hybridized carbons (Fsp3) is 0. The number of hydrogen-bond donors (Lipinski definition) is 0. The van der Waals surface area contributed by atoms with Gasteiger partial charge in [-0.1, -0.05) is 42.2 Å². The zero-order valence-electron chi connectivity index (χ0n) is 8.95. The van der Waals surface area contributed by atoms with Crippen molar-refractivity contribution in [2.24, 2.45) is 0 Å². The van der Waals surface area contributed by atoms with Crippen LogP contribution in [0.1, 0.15) is 0 Å². The minimum absolute atomic E-state index is 0.0915. The summed E-state index contributed by atoms with van der Waals surface area (Å²) >= 11 is 6.08. The summed E-state index contributed by atoms with van der Waals surface area (Å²) < 4.78 is 0.323. The van der Waals surface area contributed by atoms with Crippen molar-refractivity contribution in [3.63, 3.8) is 0 Å². The summed E-state index contributed by atoms with van der Waals surface area (Å²) in [5, 5.41) is 17.6. The number of carbonyl (C=O) groups excluding carboxylic acids is 1. The Morgan fingerprint density at radius 1 is 1.22 bits per heavy atom. The number of hydrogen-bond acceptors (Lipinski definition) is 5. The van der Waals surface area contributed by atoms with Crippen molar-refractivity contribution in [1.29, 1.82) is 10.5 Å². The molecule has 0 aliphatic carbocycles. The van der Waals surface area contributed by atoms with Crippen molar-refractivity contribution in [1.82, 2.24) is 0 Å². The van der Waals surface area contributed by atoms with E-state index in [9.17, 15) is 4.79 Å². The molecule has 0 unspecified atom stereocenters. The lowest BCUT2D eigenvalue weighted by molar-refractivity contribution is -0.113. The van der Waals surface area contributed by atoms with Crippen LogP contribution in [0.3, 0.4) is 0 Å². The molecule has 0 N–H and O–H groups in total. The van der Waals surface area contributed by atoms with Gasteiger partial charge in [0, 0.05) is 0 Å². The molecule has 4 nitrogen and oxygen atoms in total. The zero-order valence-corrected chi connectivity index (χ0v) is 10.6. The van der Waals surface area contributed by atoms with E-state index in [1.54, 1.807) is 36.4 Å². The third kappa shape index (κ3) is 2.00. The van der Waals surface area contributed by atoms with Gasteiger partial charge in [0.25, 0.3) is 5.91 Å². The van der Waals surface area contributed by atoms with Gasteiger partial charge in [-0.3, -0.25) is 9.69 Å². The maximum Gasteiger partial charge on any atom is 0.272 e. The smallest absolute Gasteiger partial charge is 0.268 e. The molecular weight excluding hydrogens is 266 g/mol. The Labute approximate surface area is 113 Å². The van der Waals surface area contributed by atoms with Crippen LogP contribution in [0.25, 0.3) is 0 Å². The Balaban J connectivity index is 2.48. The Bertz CT molecular complexity index is 622. The van der Waals surface area contributed by atoms with Gasteiger partial charge in [-0.15, -0.1) is 0 Å². The van der Waals surface area contributed by atoms with Crippen LogP contribution in [0.15, 0.2) is 40.8 Å². The van der Waals surface area contributed by atoms with Crippen LogP contribution in [-0.2, 0) is 4.79 Å². The van der Waals surface area contributed by atoms with Gasteiger partial charge in [0.2, 0.25) is 0 Å². The van der Waals surface area contributed by atoms with Crippen molar-refractivity contribution in [2.75, 3.05) is 4.90 Å². The lowest BCUT2D eigenvalue weighted by atomic mass is 10.2. The van der Waals surface area contributed by atoms with Crippen molar-refractivity contribution in [3.8, 4) is 12.1 Å². The third-order valence-corrected chi connectivity index (χ3v) is 3.61. The first-order valence-corrected chi connectivity index (χ1v) is 6.07. The van der Waals surface area contributed by atoms with Crippen LogP contribution in [0, 0.1) is 22.7 Å². The summed E-state index contributed by atoms with van der Waals surface area (Å²) in [5.41, 5.74) is 0.427. The second-order valence-electron chi connectivity index (χ2n) is 3.27. The monoisotopic (exact) mass is 271 g/mol. The fourth-order valence-electron chi connectivity index (χ4n) is 1.45. The molecule has 0 aromatic heterocycles. The molecule has 1 aromatic carbocycles. The minimum atomic E-state index is -0.422. The van der Waals surface area contributed by atoms with Crippen molar-refractivity contribution in [2.45, 2.75) is 0 Å². The summed E-state index contributed by atoms with van der Waals surface area (Å²) in [6.07, 6.45) is 0. The number of para-hydroxylation sites is 1. The number of carbonyl (C=O) groups is 1. The molecule has 18 heavy (non-hydrogen) atoms. The Morgan fingerprint density at radius 2 is 1.83 bits per heavy atom. The van der Waals surface area contributed by atoms with Crippen LogP contribution < -0.4 is 4.90 Å². The molecule has 1 aliphatic rings. The van der Waals surface area contributed by atoms with E-state index in [1.165, 1.54) is 4.90 Å². The summed E-state index contributed by atoms with van der Waals surface area (Å²) in [7, 11) is 0. The molecule has 1 heterocycles. The molecule has 2 rings (SSSR count). The number of thioether (sulfide) groups is 1. The van der Waals surface area contributed by atoms with Crippen molar-refractivity contribution < 1.29 is 4.79 Å². The molecule has 0 spiro atoms. The largest absolute Gasteiger partial charge is 0.272 e. The first kappa shape index (κ1) is 12.3. The maximum atomic E-state index is 12.1. The number of anilines is 1. The third-order valence-electron chi connectivity index (χ3n) is 2.23. The SMILES string of the molecule is N#CC(C#N)=C1SC(=S)N(c2ccccc2)C1=O. The second kappa shape index (κ2) is 5.01. The Kier molecular flexibility index (Phi) is 3.42. The molecule has 1 aliphatic heterocycles. The number of allylic oxidation sites excluding steroid dienone is 1. The Hall–Kier alpha value is -2.15. The predicted molar refractivity (Wildman–Crippen MR) is 72.4 cm³/mol. The average Bonchev–Trinajstić information content (AvgIpc) is 2.68. The summed E-state index contributed by atoms with van der Waals surface area (Å²) in [6, 6.07) is 12.3. The molecule has 6 heteroatoms. The van der Waals surface area contributed by atoms with E-state index in [0.717, 1.165) is 11.8 Å². The molecule has 0 atom stereocenters. The highest BCUT2D eigenvalue weighted by atomic mass is 32.2. The number of rotatable bonds is 1. The van der Waals surface area contributed by atoms with Crippen LogP contribution in [0.5, 0.6) is 0 Å². The highest BCUT2D eigenvalue weighted by Crippen LogP contribution is 2.36. The lowest BCUT2D eigenvalue weighted by Crippen LogP contribution is -2.27. The van der Waals surface area contributed by atoms with Crippen molar-refractivity contribution >= 4 is 39.9 Å². The molecule has 0 radical (unpaired) electrons. The quantitative estimate of drug-likeness (QED) is 0.445. The first-order valence-electron chi connectivity index (χ1n) is 4.85. The van der Waals surface area contributed by atoms with E-state index in [-0.39, 0.29) is 10.5 Å². The minimum Gasteiger partial charge on any atom is -0.268 e. The Morgan fingerprint density at radius 3 is 2.39 bits per heavy atom. The van der Waals surface area contributed by atoms with Crippen LogP contribution >= 0.6 is 24.0 Å². The number of amides is 1. The van der Waals surface area contributed by atoms with E-state index < -0.39 is 5.91 Å². The fourth-order valence-corrected chi connectivity index (χ4v) is 2.71. The summed E-state index contributed by atoms with van der Waals surface area (Å²) in [4.78, 5) is 13.5. The van der Waals surface area contributed by atoms with Crippen LogP contribution in [-0.4, -0.2) is 10.2 Å². The average molecular weight is 271 g/mol. The van der Waals surface area contributed by atoms with Crippen LogP contribution in [0.4, 0.5) is 5.69 Å². The van der Waals surface area contributed by atoms with Crippen LogP contribution in [0.2, 0.25) is 0 Å². The summed E-state index contributed by atoms with van der Waals surface area (Å²) in [6.45, 7) is 0. The van der Waals surface area contributed by atoms with Gasteiger partial charge in [-0.2, -0.15) is 10.5 Å². The van der Waals surface area contributed by atoms with Crippen molar-refractivity contribution in [3.05, 3.63) is 40.8 Å². The molecule has 1 fully saturated rings. The summed E-state index contributed by atoms with van der Waals surface area (Å²) in [5.74, 6) is -0.422. The van der Waals surface area contributed by atoms with Gasteiger partial charge in [0.1, 0.15) is 22.6 Å². The lowest BCUT2D eigenvalue weighted by Gasteiger charge is -2.13. The normalized spacial score (nSPS) is 14.3. The topological polar surface area (TPSA) is 67.9 Å². The van der Waals surface area contributed by atoms with Gasteiger partial charge in [-0.05, 0) is 12.1 Å². The first-order chi connectivity index (χ1) is 8.69. The van der Waals surface area contributed by atoms with Gasteiger partial charge < -0.3 is 0 Å². The molecule has 1 aromatic rings. The maximum absolute atomic E-state index is 12.1. The molecule has 1 saturated heterocycles. The number of nitrogens with zero attached hydrogens (tertiary/aromatic N) is 3. The molecule has 86 valence electrons. The van der Waals surface area contributed by atoms with Gasteiger partial charge in [-0.25, -0.2) is 0 Å². The molecular formula is C12H5N3OS2. The van der Waals surface area contributed by atoms with E-state index >= 15 is 0 Å². The van der Waals surface area contributed by atoms with E-state index in [2.05, 4.69) is 0 Å².